The second-order valence-electron chi connectivity index (χ2n) is 22.1. The molecule has 0 saturated carbocycles. The minimum Gasteiger partial charge on any atom is -0.508 e. The van der Waals surface area contributed by atoms with E-state index in [1.807, 2.05) is 12.1 Å². The lowest BCUT2D eigenvalue weighted by Crippen LogP contribution is -2.51. The Morgan fingerprint density at radius 2 is 1.72 bits per heavy atom. The predicted octanol–water partition coefficient (Wildman–Crippen LogP) is 8.24. The zero-order chi connectivity index (χ0) is 54.1. The number of alkyl carbamates (subject to hydrolysis) is 1. The normalized spacial score (nSPS) is 22.1. The monoisotopic (exact) mass is 1070 g/mol. The van der Waals surface area contributed by atoms with Crippen LogP contribution in [0.15, 0.2) is 53.5 Å². The van der Waals surface area contributed by atoms with Crippen LogP contribution in [-0.2, 0) is 27.8 Å². The predicted molar refractivity (Wildman–Crippen MR) is 292 cm³/mol. The van der Waals surface area contributed by atoms with Crippen LogP contribution in [0.2, 0.25) is 0 Å². The number of fused-ring (bicyclic) bond motifs is 6. The molecule has 410 valence electrons. The van der Waals surface area contributed by atoms with E-state index in [1.54, 1.807) is 16.2 Å². The molecule has 11 rings (SSSR count). The Morgan fingerprint density at radius 1 is 0.949 bits per heavy atom. The highest BCUT2D eigenvalue weighted by molar-refractivity contribution is 6.03. The maximum atomic E-state index is 17.2. The summed E-state index contributed by atoms with van der Waals surface area (Å²) in [6.45, 7) is 3.26. The molecule has 5 aliphatic rings. The highest BCUT2D eigenvalue weighted by Gasteiger charge is 2.50. The van der Waals surface area contributed by atoms with Gasteiger partial charge in [-0.3, -0.25) is 33.9 Å². The Hall–Kier alpha value is -7.17. The van der Waals surface area contributed by atoms with E-state index < -0.39 is 29.7 Å². The largest absolute Gasteiger partial charge is 0.508 e. The number of aromatic nitrogens is 5. The number of hydrogen-bond donors (Lipinski definition) is 4. The molecule has 0 radical (unpaired) electrons. The Balaban J connectivity index is 0.637. The number of phenolic OH excluding ortho intramolecular Hbond substituents is 1. The minimum atomic E-state index is -0.766. The summed E-state index contributed by atoms with van der Waals surface area (Å²) in [6, 6.07) is 11.3. The Morgan fingerprint density at radius 3 is 2.49 bits per heavy atom. The summed E-state index contributed by atoms with van der Waals surface area (Å²) in [5, 5.41) is 20.8. The van der Waals surface area contributed by atoms with E-state index in [4.69, 9.17) is 25.9 Å². The highest BCUT2D eigenvalue weighted by Crippen LogP contribution is 2.44. The molecule has 3 aromatic heterocycles. The number of amides is 3. The molecule has 5 atom stereocenters. The van der Waals surface area contributed by atoms with Crippen molar-refractivity contribution in [3.63, 3.8) is 0 Å². The number of nitrogens with zero attached hydrogens (tertiary/aromatic N) is 7. The molecule has 5 saturated heterocycles. The van der Waals surface area contributed by atoms with Gasteiger partial charge in [-0.05, 0) is 106 Å². The lowest BCUT2D eigenvalue weighted by Gasteiger charge is -2.35. The Bertz CT molecular complexity index is 3380. The molecule has 17 nitrogen and oxygen atoms in total. The number of anilines is 1. The second kappa shape index (κ2) is 22.7. The lowest BCUT2D eigenvalue weighted by atomic mass is 9.95. The van der Waals surface area contributed by atoms with Crippen LogP contribution < -0.4 is 31.3 Å². The first-order valence-corrected chi connectivity index (χ1v) is 28.0. The van der Waals surface area contributed by atoms with Crippen LogP contribution in [0.25, 0.3) is 44.0 Å². The van der Waals surface area contributed by atoms with Crippen molar-refractivity contribution in [1.82, 2.24) is 44.9 Å². The molecular formula is C59H68F2N10O7. The SMILES string of the molecule is C#Cc1c(F)ccc2cc(O)cc(-c3ncc4c(N5CC6CCC(C5)N6)nc(OC[C@@]56CCCN5[C@H](COC(=O)NCCCCCCCCCCCc5cccc7c5n(C)c(=O)n7C5CCC(=O)NC5=O)CC6)nc4c3F)c12. The number of para-hydroxylation sites is 1. The smallest absolute Gasteiger partial charge is 0.407 e. The van der Waals surface area contributed by atoms with Crippen molar-refractivity contribution >= 4 is 56.4 Å². The van der Waals surface area contributed by atoms with Crippen LogP contribution in [0.5, 0.6) is 11.8 Å². The van der Waals surface area contributed by atoms with Gasteiger partial charge in [-0.25, -0.2) is 18.4 Å². The molecule has 0 spiro atoms. The van der Waals surface area contributed by atoms with E-state index in [2.05, 4.69) is 42.7 Å². The number of imide groups is 1. The minimum absolute atomic E-state index is 0.00340. The summed E-state index contributed by atoms with van der Waals surface area (Å²) in [4.78, 5) is 69.3. The van der Waals surface area contributed by atoms with E-state index in [1.165, 1.54) is 30.5 Å². The molecule has 78 heavy (non-hydrogen) atoms. The van der Waals surface area contributed by atoms with E-state index >= 15 is 8.78 Å². The molecule has 3 amide bonds. The topological polar surface area (TPSA) is 198 Å². The molecule has 5 fully saturated rings. The van der Waals surface area contributed by atoms with Gasteiger partial charge in [-0.1, -0.05) is 69.1 Å². The number of piperidine rings is 1. The summed E-state index contributed by atoms with van der Waals surface area (Å²) in [5.74, 6) is 0.637. The molecule has 4 N–H and O–H groups in total. The fourth-order valence-electron chi connectivity index (χ4n) is 13.3. The highest BCUT2D eigenvalue weighted by atomic mass is 19.1. The first-order valence-electron chi connectivity index (χ1n) is 28.0. The van der Waals surface area contributed by atoms with Gasteiger partial charge in [0.2, 0.25) is 11.8 Å². The molecule has 6 aromatic rings. The molecule has 19 heteroatoms. The Labute approximate surface area is 451 Å². The molecular weight excluding hydrogens is 999 g/mol. The van der Waals surface area contributed by atoms with Crippen LogP contribution in [0.4, 0.5) is 19.4 Å². The lowest BCUT2D eigenvalue weighted by molar-refractivity contribution is -0.135. The van der Waals surface area contributed by atoms with Gasteiger partial charge in [-0.2, -0.15) is 9.97 Å². The van der Waals surface area contributed by atoms with Crippen molar-refractivity contribution in [2.75, 3.05) is 44.3 Å². The summed E-state index contributed by atoms with van der Waals surface area (Å²) in [6.07, 6.45) is 23.5. The van der Waals surface area contributed by atoms with E-state index in [0.717, 1.165) is 126 Å². The van der Waals surface area contributed by atoms with Crippen LogP contribution in [-0.4, -0.2) is 115 Å². The van der Waals surface area contributed by atoms with Crippen LogP contribution in [0.3, 0.4) is 0 Å². The number of aromatic hydroxyl groups is 1. The number of piperazine rings is 1. The van der Waals surface area contributed by atoms with E-state index in [0.29, 0.717) is 42.6 Å². The summed E-state index contributed by atoms with van der Waals surface area (Å²) in [7, 11) is 1.75. The number of ether oxygens (including phenoxy) is 2. The standard InChI is InChI=1S/C59H68F2N10O7/c1-3-42-45(60)21-18-37-29-41(72)30-43(49(37)42)51-50(61)52-44(31-63-51)54(69-32-38-19-20-39(33-69)64-38)67-56(66-52)78-35-59-25-14-28-70(59)40(24-26-59)34-77-57(75)62-27-12-10-8-6-4-5-7-9-11-15-36-16-13-17-46-53(36)68(2)58(76)71(46)47-22-23-48(73)65-55(47)74/h1,13,16-18,21,29-31,38-40,47,64,72H,4-12,14-15,19-20,22-28,32-35H2,2H3,(H,62,75)(H,65,73,74)/t38?,39?,40-,47?,59-/m0/s1. The number of terminal acetylenes is 1. The zero-order valence-electron chi connectivity index (χ0n) is 44.3. The number of hydrogen-bond acceptors (Lipinski definition) is 13. The van der Waals surface area contributed by atoms with Gasteiger partial charge in [0.15, 0.2) is 5.82 Å². The van der Waals surface area contributed by atoms with E-state index in [-0.39, 0.29) is 94.4 Å². The summed E-state index contributed by atoms with van der Waals surface area (Å²) >= 11 is 0. The number of rotatable bonds is 20. The van der Waals surface area contributed by atoms with Gasteiger partial charge in [-0.15, -0.1) is 6.42 Å². The average molecular weight is 1070 g/mol. The van der Waals surface area contributed by atoms with Gasteiger partial charge in [0.05, 0.1) is 27.5 Å². The number of halogens is 2. The summed E-state index contributed by atoms with van der Waals surface area (Å²) < 4.78 is 47.8. The number of aryl methyl sites for hydroxylation is 2. The first kappa shape index (κ1) is 52.9. The van der Waals surface area contributed by atoms with Gasteiger partial charge < -0.3 is 30.1 Å². The van der Waals surface area contributed by atoms with Crippen LogP contribution in [0.1, 0.15) is 126 Å². The maximum Gasteiger partial charge on any atom is 0.407 e. The van der Waals surface area contributed by atoms with Crippen molar-refractivity contribution < 1.29 is 37.7 Å². The fraction of sp³-hybridized carbons (Fsp3) is 0.508. The average Bonchev–Trinajstić information content (AvgIpc) is 4.19. The molecule has 3 unspecified atom stereocenters. The number of phenols is 1. The molecule has 5 aliphatic heterocycles. The van der Waals surface area contributed by atoms with Crippen LogP contribution in [0, 0.1) is 24.0 Å². The fourth-order valence-corrected chi connectivity index (χ4v) is 13.3. The molecule has 3 aromatic carbocycles. The zero-order valence-corrected chi connectivity index (χ0v) is 44.3. The molecule has 2 bridgehead atoms. The molecule has 8 heterocycles. The first-order chi connectivity index (χ1) is 37.9. The van der Waals surface area contributed by atoms with E-state index in [9.17, 15) is 24.3 Å². The van der Waals surface area contributed by atoms with Crippen molar-refractivity contribution in [2.24, 2.45) is 7.05 Å². The number of carbonyl (C=O) groups is 3. The quantitative estimate of drug-likeness (QED) is 0.0324. The van der Waals surface area contributed by atoms with Crippen molar-refractivity contribution in [3.8, 4) is 35.4 Å². The number of pyridine rings is 1. The summed E-state index contributed by atoms with van der Waals surface area (Å²) in [5.41, 5.74) is 2.04. The van der Waals surface area contributed by atoms with Crippen LogP contribution >= 0.6 is 0 Å². The number of nitrogens with one attached hydrogen (secondary N) is 3. The third-order valence-corrected chi connectivity index (χ3v) is 17.1. The van der Waals surface area contributed by atoms with Crippen molar-refractivity contribution in [1.29, 1.82) is 0 Å². The van der Waals surface area contributed by atoms with Gasteiger partial charge in [0.1, 0.15) is 47.9 Å². The van der Waals surface area contributed by atoms with Crippen molar-refractivity contribution in [3.05, 3.63) is 81.9 Å². The number of unbranched alkanes of at least 4 members (excludes halogenated alkanes) is 8. The molecule has 0 aliphatic carbocycles. The number of imidazole rings is 1. The van der Waals surface area contributed by atoms with Gasteiger partial charge >= 0.3 is 17.8 Å². The number of carbonyl (C=O) groups excluding carboxylic acids is 3. The number of benzene rings is 3. The van der Waals surface area contributed by atoms with Gasteiger partial charge in [0, 0.05) is 68.4 Å². The maximum absolute atomic E-state index is 17.2. The van der Waals surface area contributed by atoms with Crippen molar-refractivity contribution in [2.45, 2.75) is 145 Å². The third-order valence-electron chi connectivity index (χ3n) is 17.1. The second-order valence-corrected chi connectivity index (χ2v) is 22.1. The third kappa shape index (κ3) is 10.5. The van der Waals surface area contributed by atoms with Gasteiger partial charge in [0.25, 0.3) is 0 Å². The Kier molecular flexibility index (Phi) is 15.4.